The average molecular weight is 361 g/mol. The maximum Gasteiger partial charge on any atom is 0.310 e. The van der Waals surface area contributed by atoms with E-state index in [4.69, 9.17) is 32.7 Å². The number of ether oxygens (including phenoxy) is 2. The van der Waals surface area contributed by atoms with E-state index in [1.165, 1.54) is 13.2 Å². The van der Waals surface area contributed by atoms with Gasteiger partial charge in [-0.3, -0.25) is 4.79 Å². The van der Waals surface area contributed by atoms with E-state index in [1.54, 1.807) is 18.2 Å². The molecule has 1 aromatic carbocycles. The Labute approximate surface area is 145 Å². The van der Waals surface area contributed by atoms with Crippen molar-refractivity contribution in [2.24, 2.45) is 17.3 Å². The molecule has 126 valence electrons. The number of halogens is 3. The van der Waals surface area contributed by atoms with Crippen molar-refractivity contribution in [2.45, 2.75) is 27.1 Å². The molecule has 0 aliphatic heterocycles. The Morgan fingerprint density at radius 1 is 1.35 bits per heavy atom. The normalized spacial score (nSPS) is 21.7. The van der Waals surface area contributed by atoms with E-state index in [0.29, 0.717) is 11.1 Å². The summed E-state index contributed by atoms with van der Waals surface area (Å²) in [5, 5.41) is 0. The molecule has 2 atom stereocenters. The summed E-state index contributed by atoms with van der Waals surface area (Å²) >= 11 is 11.3. The quantitative estimate of drug-likeness (QED) is 0.695. The van der Waals surface area contributed by atoms with Crippen molar-refractivity contribution in [3.05, 3.63) is 45.7 Å². The number of rotatable bonds is 6. The number of carbonyl (C=O) groups excluding carboxylic acids is 1. The summed E-state index contributed by atoms with van der Waals surface area (Å²) in [5.41, 5.74) is 0.823. The van der Waals surface area contributed by atoms with Crippen molar-refractivity contribution < 1.29 is 18.7 Å². The van der Waals surface area contributed by atoms with Gasteiger partial charge in [0.05, 0.1) is 12.5 Å². The molecule has 0 unspecified atom stereocenters. The number of methoxy groups -OCH3 is 1. The Hall–Kier alpha value is -1.10. The van der Waals surface area contributed by atoms with Crippen molar-refractivity contribution in [1.82, 2.24) is 0 Å². The second-order valence-corrected chi connectivity index (χ2v) is 7.26. The Balaban J connectivity index is 1.95. The fraction of sp³-hybridized carbons (Fsp3) is 0.471. The molecule has 1 aliphatic rings. The first kappa shape index (κ1) is 18.2. The zero-order valence-corrected chi connectivity index (χ0v) is 14.7. The van der Waals surface area contributed by atoms with E-state index in [9.17, 15) is 9.18 Å². The zero-order valence-electron chi connectivity index (χ0n) is 13.2. The molecule has 0 N–H and O–H groups in total. The number of benzene rings is 1. The lowest BCUT2D eigenvalue weighted by atomic mass is 10.1. The Morgan fingerprint density at radius 3 is 2.61 bits per heavy atom. The van der Waals surface area contributed by atoms with Gasteiger partial charge in [-0.05, 0) is 29.0 Å². The summed E-state index contributed by atoms with van der Waals surface area (Å²) < 4.78 is 24.2. The summed E-state index contributed by atoms with van der Waals surface area (Å²) in [5.74, 6) is -1.03. The molecule has 0 bridgehead atoms. The van der Waals surface area contributed by atoms with Crippen LogP contribution in [0.15, 0.2) is 28.8 Å². The highest BCUT2D eigenvalue weighted by atomic mass is 35.5. The van der Waals surface area contributed by atoms with Gasteiger partial charge >= 0.3 is 5.97 Å². The van der Waals surface area contributed by atoms with Crippen LogP contribution in [0.1, 0.15) is 25.0 Å². The number of hydrogen-bond donors (Lipinski definition) is 0. The molecule has 0 saturated heterocycles. The van der Waals surface area contributed by atoms with Crippen LogP contribution in [0.3, 0.4) is 0 Å². The minimum Gasteiger partial charge on any atom is -0.461 e. The number of allylic oxidation sites excluding steroid dienone is 1. The third-order valence-corrected chi connectivity index (χ3v) is 4.52. The fourth-order valence-corrected chi connectivity index (χ4v) is 3.04. The van der Waals surface area contributed by atoms with Crippen LogP contribution in [0.5, 0.6) is 0 Å². The Bertz CT molecular complexity index is 624. The van der Waals surface area contributed by atoms with Gasteiger partial charge in [0.25, 0.3) is 0 Å². The molecule has 23 heavy (non-hydrogen) atoms. The molecule has 0 aromatic heterocycles. The van der Waals surface area contributed by atoms with Crippen LogP contribution >= 0.6 is 23.2 Å². The van der Waals surface area contributed by atoms with Crippen LogP contribution < -0.4 is 0 Å². The maximum atomic E-state index is 13.8. The van der Waals surface area contributed by atoms with E-state index in [0.717, 1.165) is 0 Å². The SMILES string of the molecule is COCc1ccc(COC(=O)[C@H]2[C@@H](C=C(Cl)Cl)C2(C)C)cc1F. The molecule has 6 heteroatoms. The lowest BCUT2D eigenvalue weighted by Gasteiger charge is -2.08. The molecule has 0 amide bonds. The highest BCUT2D eigenvalue weighted by Gasteiger charge is 2.61. The van der Waals surface area contributed by atoms with Gasteiger partial charge < -0.3 is 9.47 Å². The summed E-state index contributed by atoms with van der Waals surface area (Å²) in [6.07, 6.45) is 1.66. The maximum absolute atomic E-state index is 13.8. The molecular weight excluding hydrogens is 342 g/mol. The first-order valence-electron chi connectivity index (χ1n) is 7.23. The van der Waals surface area contributed by atoms with Crippen molar-refractivity contribution in [1.29, 1.82) is 0 Å². The van der Waals surface area contributed by atoms with Crippen LogP contribution in [0.2, 0.25) is 0 Å². The standard InChI is InChI=1S/C17H19Cl2FO3/c1-17(2)12(7-14(18)19)15(17)16(21)23-8-10-4-5-11(9-22-3)13(20)6-10/h4-7,12,15H,8-9H2,1-3H3/t12-,15-/m1/s1. The highest BCUT2D eigenvalue weighted by molar-refractivity contribution is 6.55. The van der Waals surface area contributed by atoms with Gasteiger partial charge in [0.15, 0.2) is 0 Å². The summed E-state index contributed by atoms with van der Waals surface area (Å²) in [6, 6.07) is 4.70. The van der Waals surface area contributed by atoms with E-state index >= 15 is 0 Å². The predicted molar refractivity (Wildman–Crippen MR) is 87.5 cm³/mol. The van der Waals surface area contributed by atoms with Gasteiger partial charge in [0.1, 0.15) is 16.9 Å². The fourth-order valence-electron chi connectivity index (χ4n) is 2.77. The Morgan fingerprint density at radius 2 is 2.04 bits per heavy atom. The van der Waals surface area contributed by atoms with Crippen LogP contribution in [0.4, 0.5) is 4.39 Å². The van der Waals surface area contributed by atoms with Gasteiger partial charge in [0, 0.05) is 12.7 Å². The van der Waals surface area contributed by atoms with E-state index in [1.807, 2.05) is 13.8 Å². The number of carbonyl (C=O) groups is 1. The first-order valence-corrected chi connectivity index (χ1v) is 7.98. The van der Waals surface area contributed by atoms with Crippen molar-refractivity contribution in [3.63, 3.8) is 0 Å². The van der Waals surface area contributed by atoms with Crippen LogP contribution in [0, 0.1) is 23.1 Å². The predicted octanol–water partition coefficient (Wildman–Crippen LogP) is 4.61. The largest absolute Gasteiger partial charge is 0.461 e. The summed E-state index contributed by atoms with van der Waals surface area (Å²) in [7, 11) is 1.50. The number of esters is 1. The van der Waals surface area contributed by atoms with Gasteiger partial charge in [-0.1, -0.05) is 49.2 Å². The van der Waals surface area contributed by atoms with Crippen molar-refractivity contribution in [3.8, 4) is 0 Å². The van der Waals surface area contributed by atoms with Crippen LogP contribution in [0.25, 0.3) is 0 Å². The lowest BCUT2D eigenvalue weighted by molar-refractivity contribution is -0.147. The molecule has 0 heterocycles. The Kier molecular flexibility index (Phi) is 5.71. The second kappa shape index (κ2) is 7.20. The van der Waals surface area contributed by atoms with Gasteiger partial charge in [-0.2, -0.15) is 0 Å². The average Bonchev–Trinajstić information content (AvgIpc) is 2.99. The molecule has 3 nitrogen and oxygen atoms in total. The zero-order chi connectivity index (χ0) is 17.2. The monoisotopic (exact) mass is 360 g/mol. The molecule has 0 radical (unpaired) electrons. The minimum absolute atomic E-state index is 0.0284. The van der Waals surface area contributed by atoms with Crippen molar-refractivity contribution in [2.75, 3.05) is 7.11 Å². The molecular formula is C17H19Cl2FO3. The van der Waals surface area contributed by atoms with Crippen LogP contribution in [-0.4, -0.2) is 13.1 Å². The smallest absolute Gasteiger partial charge is 0.310 e. The van der Waals surface area contributed by atoms with Gasteiger partial charge in [0.2, 0.25) is 0 Å². The van der Waals surface area contributed by atoms with Crippen molar-refractivity contribution >= 4 is 29.2 Å². The lowest BCUT2D eigenvalue weighted by Crippen LogP contribution is -2.11. The van der Waals surface area contributed by atoms with E-state index < -0.39 is 0 Å². The third-order valence-electron chi connectivity index (χ3n) is 4.27. The number of hydrogen-bond acceptors (Lipinski definition) is 3. The molecule has 1 fully saturated rings. The molecule has 1 saturated carbocycles. The molecule has 0 spiro atoms. The highest BCUT2D eigenvalue weighted by Crippen LogP contribution is 2.60. The first-order chi connectivity index (χ1) is 10.8. The van der Waals surface area contributed by atoms with E-state index in [-0.39, 0.29) is 46.7 Å². The second-order valence-electron chi connectivity index (χ2n) is 6.25. The summed E-state index contributed by atoms with van der Waals surface area (Å²) in [4.78, 5) is 12.2. The molecule has 1 aromatic rings. The summed E-state index contributed by atoms with van der Waals surface area (Å²) in [6.45, 7) is 4.14. The van der Waals surface area contributed by atoms with Gasteiger partial charge in [-0.15, -0.1) is 0 Å². The molecule has 1 aliphatic carbocycles. The van der Waals surface area contributed by atoms with Gasteiger partial charge in [-0.25, -0.2) is 4.39 Å². The minimum atomic E-state index is -0.373. The third kappa shape index (κ3) is 4.25. The van der Waals surface area contributed by atoms with Crippen LogP contribution in [-0.2, 0) is 27.5 Å². The van der Waals surface area contributed by atoms with E-state index in [2.05, 4.69) is 0 Å². The topological polar surface area (TPSA) is 35.5 Å². The molecule has 2 rings (SSSR count).